The van der Waals surface area contributed by atoms with Gasteiger partial charge in [0.25, 0.3) is 0 Å². The van der Waals surface area contributed by atoms with Gasteiger partial charge >= 0.3 is 0 Å². The van der Waals surface area contributed by atoms with Gasteiger partial charge in [0, 0.05) is 25.0 Å². The fourth-order valence-electron chi connectivity index (χ4n) is 1.02. The first kappa shape index (κ1) is 10.2. The Bertz CT molecular complexity index is 220. The molecule has 0 spiro atoms. The molecule has 0 fully saturated rings. The third-order valence-electron chi connectivity index (χ3n) is 1.56. The van der Waals surface area contributed by atoms with Gasteiger partial charge in [-0.05, 0) is 26.0 Å². The SMILES string of the molecule is CCOC(OCC)c1c[c]ncc1. The molecule has 0 unspecified atom stereocenters. The van der Waals surface area contributed by atoms with Gasteiger partial charge in [0.05, 0.1) is 6.20 Å². The minimum Gasteiger partial charge on any atom is -0.349 e. The maximum absolute atomic E-state index is 5.40. The highest BCUT2D eigenvalue weighted by atomic mass is 16.7. The first-order valence-corrected chi connectivity index (χ1v) is 4.43. The van der Waals surface area contributed by atoms with E-state index in [2.05, 4.69) is 11.2 Å². The van der Waals surface area contributed by atoms with Crippen molar-refractivity contribution in [2.75, 3.05) is 13.2 Å². The van der Waals surface area contributed by atoms with Gasteiger partial charge < -0.3 is 9.47 Å². The summed E-state index contributed by atoms with van der Waals surface area (Å²) in [6.07, 6.45) is 4.15. The minimum absolute atomic E-state index is 0.283. The second-order valence-corrected chi connectivity index (χ2v) is 2.46. The fourth-order valence-corrected chi connectivity index (χ4v) is 1.02. The lowest BCUT2D eigenvalue weighted by Crippen LogP contribution is -2.08. The van der Waals surface area contributed by atoms with Crippen LogP contribution >= 0.6 is 0 Å². The van der Waals surface area contributed by atoms with Crippen LogP contribution < -0.4 is 0 Å². The molecule has 1 radical (unpaired) electrons. The van der Waals surface area contributed by atoms with Crippen molar-refractivity contribution < 1.29 is 9.47 Å². The van der Waals surface area contributed by atoms with Crippen LogP contribution in [0, 0.1) is 6.20 Å². The molecule has 0 aliphatic heterocycles. The summed E-state index contributed by atoms with van der Waals surface area (Å²) < 4.78 is 10.8. The summed E-state index contributed by atoms with van der Waals surface area (Å²) in [4.78, 5) is 3.81. The third-order valence-corrected chi connectivity index (χ3v) is 1.56. The Balaban J connectivity index is 2.64. The van der Waals surface area contributed by atoms with Gasteiger partial charge in [0.2, 0.25) is 0 Å². The topological polar surface area (TPSA) is 31.4 Å². The summed E-state index contributed by atoms with van der Waals surface area (Å²) in [5, 5.41) is 0. The van der Waals surface area contributed by atoms with E-state index >= 15 is 0 Å². The first-order valence-electron chi connectivity index (χ1n) is 4.43. The molecule has 1 rings (SSSR count). The Hall–Kier alpha value is -0.930. The first-order chi connectivity index (χ1) is 6.38. The van der Waals surface area contributed by atoms with E-state index in [0.717, 1.165) is 5.56 Å². The largest absolute Gasteiger partial charge is 0.349 e. The van der Waals surface area contributed by atoms with E-state index in [9.17, 15) is 0 Å². The highest BCUT2D eigenvalue weighted by molar-refractivity contribution is 5.10. The van der Waals surface area contributed by atoms with E-state index in [4.69, 9.17) is 9.47 Å². The fraction of sp³-hybridized carbons (Fsp3) is 0.500. The molecule has 1 aromatic rings. The van der Waals surface area contributed by atoms with Gasteiger partial charge in [0.15, 0.2) is 6.29 Å². The van der Waals surface area contributed by atoms with Gasteiger partial charge in [-0.2, -0.15) is 0 Å². The number of aromatic nitrogens is 1. The van der Waals surface area contributed by atoms with E-state index in [-0.39, 0.29) is 6.29 Å². The molecule has 0 aliphatic rings. The lowest BCUT2D eigenvalue weighted by atomic mass is 10.2. The van der Waals surface area contributed by atoms with Crippen LogP contribution in [0.5, 0.6) is 0 Å². The Morgan fingerprint density at radius 1 is 1.38 bits per heavy atom. The van der Waals surface area contributed by atoms with Crippen LogP contribution in [0.1, 0.15) is 25.7 Å². The third kappa shape index (κ3) is 3.13. The summed E-state index contributed by atoms with van der Waals surface area (Å²) >= 11 is 0. The van der Waals surface area contributed by atoms with Crippen LogP contribution in [-0.2, 0) is 9.47 Å². The Labute approximate surface area is 78.7 Å². The average molecular weight is 180 g/mol. The van der Waals surface area contributed by atoms with Crippen molar-refractivity contribution in [2.24, 2.45) is 0 Å². The Morgan fingerprint density at radius 2 is 2.08 bits per heavy atom. The standard InChI is InChI=1S/C10H14NO2/c1-3-12-10(13-4-2)9-5-7-11-8-6-9/h5-7,10H,3-4H2,1-2H3. The van der Waals surface area contributed by atoms with Crippen LogP contribution in [0.3, 0.4) is 0 Å². The zero-order chi connectivity index (χ0) is 9.52. The molecular formula is C10H14NO2. The van der Waals surface area contributed by atoms with Crippen LogP contribution in [0.2, 0.25) is 0 Å². The monoisotopic (exact) mass is 180 g/mol. The van der Waals surface area contributed by atoms with Gasteiger partial charge in [0.1, 0.15) is 0 Å². The van der Waals surface area contributed by atoms with Crippen LogP contribution in [0.15, 0.2) is 18.3 Å². The molecule has 71 valence electrons. The summed E-state index contributed by atoms with van der Waals surface area (Å²) in [7, 11) is 0. The van der Waals surface area contributed by atoms with Gasteiger partial charge in [-0.15, -0.1) is 0 Å². The molecule has 0 saturated heterocycles. The molecule has 0 bridgehead atoms. The van der Waals surface area contributed by atoms with Gasteiger partial charge in [-0.3, -0.25) is 4.98 Å². The number of rotatable bonds is 5. The molecule has 0 atom stereocenters. The number of nitrogens with zero attached hydrogens (tertiary/aromatic N) is 1. The highest BCUT2D eigenvalue weighted by Crippen LogP contribution is 2.17. The summed E-state index contributed by atoms with van der Waals surface area (Å²) in [5.74, 6) is 0. The molecule has 0 aromatic carbocycles. The van der Waals surface area contributed by atoms with E-state index < -0.39 is 0 Å². The van der Waals surface area contributed by atoms with Crippen molar-refractivity contribution >= 4 is 0 Å². The molecule has 3 heteroatoms. The van der Waals surface area contributed by atoms with Gasteiger partial charge in [-0.1, -0.05) is 0 Å². The van der Waals surface area contributed by atoms with Crippen molar-refractivity contribution in [2.45, 2.75) is 20.1 Å². The van der Waals surface area contributed by atoms with Crippen molar-refractivity contribution in [1.29, 1.82) is 0 Å². The predicted octanol–water partition coefficient (Wildman–Crippen LogP) is 1.95. The maximum Gasteiger partial charge on any atom is 0.183 e. The number of pyridine rings is 1. The van der Waals surface area contributed by atoms with Crippen LogP contribution in [-0.4, -0.2) is 18.2 Å². The zero-order valence-corrected chi connectivity index (χ0v) is 7.99. The van der Waals surface area contributed by atoms with Crippen molar-refractivity contribution in [3.8, 4) is 0 Å². The summed E-state index contributed by atoms with van der Waals surface area (Å²) in [6.45, 7) is 5.15. The van der Waals surface area contributed by atoms with E-state index in [1.54, 1.807) is 12.3 Å². The number of ether oxygens (including phenoxy) is 2. The van der Waals surface area contributed by atoms with E-state index in [0.29, 0.717) is 13.2 Å². The minimum atomic E-state index is -0.283. The second-order valence-electron chi connectivity index (χ2n) is 2.46. The van der Waals surface area contributed by atoms with Crippen molar-refractivity contribution in [3.63, 3.8) is 0 Å². The lowest BCUT2D eigenvalue weighted by Gasteiger charge is -2.16. The molecule has 0 saturated carbocycles. The summed E-state index contributed by atoms with van der Waals surface area (Å²) in [5.41, 5.74) is 0.957. The average Bonchev–Trinajstić information content (AvgIpc) is 2.19. The van der Waals surface area contributed by atoms with Crippen LogP contribution in [0.25, 0.3) is 0 Å². The summed E-state index contributed by atoms with van der Waals surface area (Å²) in [6, 6.07) is 3.64. The molecule has 1 aromatic heterocycles. The smallest absolute Gasteiger partial charge is 0.183 e. The highest BCUT2D eigenvalue weighted by Gasteiger charge is 2.09. The number of hydrogen-bond donors (Lipinski definition) is 0. The second kappa shape index (κ2) is 5.67. The molecule has 13 heavy (non-hydrogen) atoms. The molecular weight excluding hydrogens is 166 g/mol. The number of hydrogen-bond acceptors (Lipinski definition) is 3. The molecule has 0 aliphatic carbocycles. The normalized spacial score (nSPS) is 10.7. The molecule has 0 amide bonds. The molecule has 0 N–H and O–H groups in total. The quantitative estimate of drug-likeness (QED) is 0.649. The predicted molar refractivity (Wildman–Crippen MR) is 49.1 cm³/mol. The van der Waals surface area contributed by atoms with E-state index in [1.807, 2.05) is 19.9 Å². The van der Waals surface area contributed by atoms with Crippen LogP contribution in [0.4, 0.5) is 0 Å². The Kier molecular flexibility index (Phi) is 4.43. The van der Waals surface area contributed by atoms with Gasteiger partial charge in [-0.25, -0.2) is 0 Å². The van der Waals surface area contributed by atoms with Crippen molar-refractivity contribution in [1.82, 2.24) is 4.98 Å². The zero-order valence-electron chi connectivity index (χ0n) is 7.99. The molecule has 3 nitrogen and oxygen atoms in total. The van der Waals surface area contributed by atoms with Crippen molar-refractivity contribution in [3.05, 3.63) is 30.1 Å². The Morgan fingerprint density at radius 3 is 2.54 bits per heavy atom. The maximum atomic E-state index is 5.40. The van der Waals surface area contributed by atoms with E-state index in [1.165, 1.54) is 0 Å². The lowest BCUT2D eigenvalue weighted by molar-refractivity contribution is -0.140. The molecule has 1 heterocycles.